The summed E-state index contributed by atoms with van der Waals surface area (Å²) in [6.07, 6.45) is -0.455. The number of amides is 3. The van der Waals surface area contributed by atoms with Gasteiger partial charge in [-0.1, -0.05) is 29.8 Å². The van der Waals surface area contributed by atoms with Crippen molar-refractivity contribution in [3.63, 3.8) is 0 Å². The minimum absolute atomic E-state index is 0.110. The second-order valence-corrected chi connectivity index (χ2v) is 8.01. The van der Waals surface area contributed by atoms with Gasteiger partial charge in [0.05, 0.1) is 0 Å². The van der Waals surface area contributed by atoms with Crippen LogP contribution in [0.1, 0.15) is 43.1 Å². The van der Waals surface area contributed by atoms with Crippen LogP contribution in [0.3, 0.4) is 0 Å². The lowest BCUT2D eigenvalue weighted by molar-refractivity contribution is -0.121. The van der Waals surface area contributed by atoms with Crippen molar-refractivity contribution in [3.8, 4) is 0 Å². The highest BCUT2D eigenvalue weighted by molar-refractivity contribution is 6.30. The lowest BCUT2D eigenvalue weighted by Crippen LogP contribution is -2.35. The van der Waals surface area contributed by atoms with Crippen molar-refractivity contribution in [2.45, 2.75) is 39.3 Å². The summed E-state index contributed by atoms with van der Waals surface area (Å²) < 4.78 is 5.12. The predicted octanol–water partition coefficient (Wildman–Crippen LogP) is 4.12. The van der Waals surface area contributed by atoms with E-state index in [1.165, 1.54) is 0 Å². The highest BCUT2D eigenvalue weighted by Crippen LogP contribution is 2.17. The zero-order valence-electron chi connectivity index (χ0n) is 17.3. The molecule has 0 aliphatic carbocycles. The van der Waals surface area contributed by atoms with Gasteiger partial charge in [-0.2, -0.15) is 0 Å². The molecule has 0 saturated carbocycles. The maximum Gasteiger partial charge on any atom is 0.407 e. The van der Waals surface area contributed by atoms with Gasteiger partial charge >= 0.3 is 6.09 Å². The molecule has 3 N–H and O–H groups in total. The first-order valence-electron chi connectivity index (χ1n) is 9.52. The van der Waals surface area contributed by atoms with E-state index in [9.17, 15) is 14.4 Å². The van der Waals surface area contributed by atoms with Gasteiger partial charge in [-0.25, -0.2) is 4.79 Å². The summed E-state index contributed by atoms with van der Waals surface area (Å²) in [5.74, 6) is -0.503. The van der Waals surface area contributed by atoms with Crippen LogP contribution in [-0.4, -0.2) is 30.1 Å². The number of nitrogens with one attached hydrogen (secondary N) is 3. The Morgan fingerprint density at radius 1 is 0.967 bits per heavy atom. The average molecular weight is 432 g/mol. The number of rotatable bonds is 7. The van der Waals surface area contributed by atoms with Gasteiger partial charge < -0.3 is 20.7 Å². The molecule has 3 amide bonds. The second kappa shape index (κ2) is 10.6. The Balaban J connectivity index is 1.84. The Labute approximate surface area is 181 Å². The van der Waals surface area contributed by atoms with Crippen LogP contribution in [0.25, 0.3) is 0 Å². The van der Waals surface area contributed by atoms with Crippen LogP contribution in [0.15, 0.2) is 48.5 Å². The van der Waals surface area contributed by atoms with Crippen molar-refractivity contribution in [2.75, 3.05) is 11.9 Å². The zero-order chi connectivity index (χ0) is 22.1. The Kier molecular flexibility index (Phi) is 8.24. The minimum atomic E-state index is -0.591. The Hall–Kier alpha value is -3.06. The molecule has 2 aromatic carbocycles. The molecule has 160 valence electrons. The topological polar surface area (TPSA) is 96.5 Å². The number of hydrogen-bond acceptors (Lipinski definition) is 4. The third-order valence-electron chi connectivity index (χ3n) is 3.87. The molecule has 0 fully saturated rings. The van der Waals surface area contributed by atoms with E-state index < -0.39 is 11.7 Å². The minimum Gasteiger partial charge on any atom is -0.444 e. The molecule has 0 bridgehead atoms. The van der Waals surface area contributed by atoms with E-state index in [-0.39, 0.29) is 31.3 Å². The van der Waals surface area contributed by atoms with Crippen LogP contribution in [0.4, 0.5) is 10.5 Å². The van der Waals surface area contributed by atoms with Gasteiger partial charge in [0.1, 0.15) is 5.60 Å². The first kappa shape index (κ1) is 23.2. The van der Waals surface area contributed by atoms with E-state index in [0.717, 1.165) is 5.56 Å². The molecule has 0 aliphatic rings. The number of carbonyl (C=O) groups is 3. The maximum atomic E-state index is 12.4. The van der Waals surface area contributed by atoms with Crippen LogP contribution in [-0.2, 0) is 16.1 Å². The van der Waals surface area contributed by atoms with Gasteiger partial charge in [-0.3, -0.25) is 9.59 Å². The number of para-hydroxylation sites is 1. The number of anilines is 1. The van der Waals surface area contributed by atoms with E-state index in [4.69, 9.17) is 16.3 Å². The predicted molar refractivity (Wildman–Crippen MR) is 117 cm³/mol. The zero-order valence-corrected chi connectivity index (χ0v) is 18.0. The van der Waals surface area contributed by atoms with Gasteiger partial charge in [0.25, 0.3) is 5.91 Å². The fraction of sp³-hybridized carbons (Fsp3) is 0.318. The highest BCUT2D eigenvalue weighted by Gasteiger charge is 2.16. The molecule has 0 saturated heterocycles. The van der Waals surface area contributed by atoms with Gasteiger partial charge in [-0.15, -0.1) is 0 Å². The van der Waals surface area contributed by atoms with Crippen molar-refractivity contribution < 1.29 is 19.1 Å². The standard InChI is InChI=1S/C22H26ClN3O4/c1-22(2,3)30-21(29)24-13-12-19(27)25-14-16-6-4-5-7-18(16)26-20(28)15-8-10-17(23)11-9-15/h4-11H,12-14H2,1-3H3,(H,24,29)(H,25,27)(H,26,28). The molecule has 2 rings (SSSR count). The summed E-state index contributed by atoms with van der Waals surface area (Å²) in [6, 6.07) is 13.8. The van der Waals surface area contributed by atoms with Crippen LogP contribution in [0.5, 0.6) is 0 Å². The van der Waals surface area contributed by atoms with Crippen LogP contribution < -0.4 is 16.0 Å². The molecule has 30 heavy (non-hydrogen) atoms. The third kappa shape index (κ3) is 8.13. The molecule has 0 heterocycles. The molecular formula is C22H26ClN3O4. The smallest absolute Gasteiger partial charge is 0.407 e. The van der Waals surface area contributed by atoms with E-state index >= 15 is 0 Å². The number of carbonyl (C=O) groups excluding carboxylic acids is 3. The first-order chi connectivity index (χ1) is 14.1. The van der Waals surface area contributed by atoms with E-state index in [0.29, 0.717) is 16.3 Å². The number of ether oxygens (including phenoxy) is 1. The van der Waals surface area contributed by atoms with Gasteiger partial charge in [0, 0.05) is 35.8 Å². The number of alkyl carbamates (subject to hydrolysis) is 1. The average Bonchev–Trinajstić information content (AvgIpc) is 2.66. The van der Waals surface area contributed by atoms with Crippen molar-refractivity contribution in [1.82, 2.24) is 10.6 Å². The molecule has 0 aliphatic heterocycles. The van der Waals surface area contributed by atoms with Crippen LogP contribution in [0, 0.1) is 0 Å². The highest BCUT2D eigenvalue weighted by atomic mass is 35.5. The third-order valence-corrected chi connectivity index (χ3v) is 4.12. The Morgan fingerprint density at radius 3 is 2.30 bits per heavy atom. The summed E-state index contributed by atoms with van der Waals surface area (Å²) in [4.78, 5) is 36.1. The summed E-state index contributed by atoms with van der Waals surface area (Å²) >= 11 is 5.85. The molecule has 0 unspecified atom stereocenters. The van der Waals surface area contributed by atoms with Gasteiger partial charge in [0.2, 0.25) is 5.91 Å². The second-order valence-electron chi connectivity index (χ2n) is 7.57. The summed E-state index contributed by atoms with van der Waals surface area (Å²) in [7, 11) is 0. The Bertz CT molecular complexity index is 892. The summed E-state index contributed by atoms with van der Waals surface area (Å²) in [6.45, 7) is 5.70. The van der Waals surface area contributed by atoms with Crippen molar-refractivity contribution >= 4 is 35.2 Å². The Morgan fingerprint density at radius 2 is 1.63 bits per heavy atom. The van der Waals surface area contributed by atoms with Gasteiger partial charge in [-0.05, 0) is 56.7 Å². The number of halogens is 1. The normalized spacial score (nSPS) is 10.8. The van der Waals surface area contributed by atoms with Gasteiger partial charge in [0.15, 0.2) is 0 Å². The molecule has 0 spiro atoms. The fourth-order valence-electron chi connectivity index (χ4n) is 2.47. The van der Waals surface area contributed by atoms with Crippen molar-refractivity contribution in [1.29, 1.82) is 0 Å². The largest absolute Gasteiger partial charge is 0.444 e. The molecule has 0 radical (unpaired) electrons. The first-order valence-corrected chi connectivity index (χ1v) is 9.90. The molecule has 8 heteroatoms. The maximum absolute atomic E-state index is 12.4. The monoisotopic (exact) mass is 431 g/mol. The van der Waals surface area contributed by atoms with Crippen molar-refractivity contribution in [2.24, 2.45) is 0 Å². The molecule has 0 aromatic heterocycles. The molecular weight excluding hydrogens is 406 g/mol. The lowest BCUT2D eigenvalue weighted by Gasteiger charge is -2.19. The molecule has 7 nitrogen and oxygen atoms in total. The van der Waals surface area contributed by atoms with E-state index in [1.807, 2.05) is 12.1 Å². The molecule has 2 aromatic rings. The summed E-state index contributed by atoms with van der Waals surface area (Å²) in [5.41, 5.74) is 1.25. The fourth-order valence-corrected chi connectivity index (χ4v) is 2.59. The number of benzene rings is 2. The number of hydrogen-bond donors (Lipinski definition) is 3. The SMILES string of the molecule is CC(C)(C)OC(=O)NCCC(=O)NCc1ccccc1NC(=O)c1ccc(Cl)cc1. The quantitative estimate of drug-likeness (QED) is 0.614. The summed E-state index contributed by atoms with van der Waals surface area (Å²) in [5, 5.41) is 8.72. The van der Waals surface area contributed by atoms with Crippen molar-refractivity contribution in [3.05, 3.63) is 64.7 Å². The van der Waals surface area contributed by atoms with Crippen LogP contribution >= 0.6 is 11.6 Å². The molecule has 0 atom stereocenters. The van der Waals surface area contributed by atoms with E-state index in [1.54, 1.807) is 57.2 Å². The lowest BCUT2D eigenvalue weighted by atomic mass is 10.1. The van der Waals surface area contributed by atoms with Crippen LogP contribution in [0.2, 0.25) is 5.02 Å². The van der Waals surface area contributed by atoms with E-state index in [2.05, 4.69) is 16.0 Å².